The van der Waals surface area contributed by atoms with Gasteiger partial charge in [-0.1, -0.05) is 12.1 Å². The first kappa shape index (κ1) is 14.0. The molecule has 3 rings (SSSR count). The van der Waals surface area contributed by atoms with Gasteiger partial charge in [0, 0.05) is 19.1 Å². The Morgan fingerprint density at radius 3 is 3.10 bits per heavy atom. The largest absolute Gasteiger partial charge is 0.379 e. The maximum absolute atomic E-state index is 5.61. The average molecular weight is 281 g/mol. The lowest BCUT2D eigenvalue weighted by molar-refractivity contribution is 0.109. The molecule has 6 nitrogen and oxygen atoms in total. The Bertz CT molecular complexity index is 418. The van der Waals surface area contributed by atoms with Gasteiger partial charge in [0.1, 0.15) is 0 Å². The van der Waals surface area contributed by atoms with Crippen molar-refractivity contribution in [3.05, 3.63) is 11.7 Å². The van der Waals surface area contributed by atoms with Crippen LogP contribution in [0.4, 0.5) is 0 Å². The van der Waals surface area contributed by atoms with Gasteiger partial charge in [-0.15, -0.1) is 0 Å². The SMILES string of the molecule is CCCNC1COCC1c1nc(CC2CCCO2)no1. The van der Waals surface area contributed by atoms with Crippen LogP contribution in [0.3, 0.4) is 0 Å². The van der Waals surface area contributed by atoms with Crippen molar-refractivity contribution in [1.82, 2.24) is 15.5 Å². The minimum absolute atomic E-state index is 0.173. The van der Waals surface area contributed by atoms with Gasteiger partial charge in [0.15, 0.2) is 5.82 Å². The number of rotatable bonds is 6. The van der Waals surface area contributed by atoms with Crippen LogP contribution in [0.2, 0.25) is 0 Å². The number of nitrogens with zero attached hydrogens (tertiary/aromatic N) is 2. The monoisotopic (exact) mass is 281 g/mol. The van der Waals surface area contributed by atoms with Gasteiger partial charge >= 0.3 is 0 Å². The Balaban J connectivity index is 1.60. The number of nitrogens with one attached hydrogen (secondary N) is 1. The number of hydrogen-bond donors (Lipinski definition) is 1. The van der Waals surface area contributed by atoms with Crippen molar-refractivity contribution in [1.29, 1.82) is 0 Å². The fraction of sp³-hybridized carbons (Fsp3) is 0.857. The zero-order chi connectivity index (χ0) is 13.8. The lowest BCUT2D eigenvalue weighted by Crippen LogP contribution is -2.35. The van der Waals surface area contributed by atoms with Gasteiger partial charge < -0.3 is 19.3 Å². The highest BCUT2D eigenvalue weighted by Gasteiger charge is 2.33. The van der Waals surface area contributed by atoms with Gasteiger partial charge in [-0.2, -0.15) is 4.98 Å². The molecule has 3 atom stereocenters. The van der Waals surface area contributed by atoms with Crippen LogP contribution in [0.1, 0.15) is 43.8 Å². The summed E-state index contributed by atoms with van der Waals surface area (Å²) in [6.07, 6.45) is 4.35. The van der Waals surface area contributed by atoms with E-state index in [4.69, 9.17) is 14.0 Å². The molecule has 2 aliphatic rings. The summed E-state index contributed by atoms with van der Waals surface area (Å²) in [5.41, 5.74) is 0. The van der Waals surface area contributed by atoms with E-state index in [1.807, 2.05) is 0 Å². The zero-order valence-corrected chi connectivity index (χ0v) is 12.0. The highest BCUT2D eigenvalue weighted by Crippen LogP contribution is 2.25. The second-order valence-corrected chi connectivity index (χ2v) is 5.59. The van der Waals surface area contributed by atoms with Gasteiger partial charge in [0.2, 0.25) is 5.89 Å². The first-order chi connectivity index (χ1) is 9.86. The van der Waals surface area contributed by atoms with Crippen molar-refractivity contribution in [3.8, 4) is 0 Å². The Hall–Kier alpha value is -0.980. The maximum Gasteiger partial charge on any atom is 0.233 e. The molecule has 2 fully saturated rings. The Kier molecular flexibility index (Phi) is 4.65. The summed E-state index contributed by atoms with van der Waals surface area (Å²) in [5, 5.41) is 7.57. The van der Waals surface area contributed by atoms with Crippen LogP contribution in [-0.2, 0) is 15.9 Å². The third kappa shape index (κ3) is 3.19. The van der Waals surface area contributed by atoms with Gasteiger partial charge in [0.05, 0.1) is 25.2 Å². The van der Waals surface area contributed by atoms with Crippen molar-refractivity contribution in [3.63, 3.8) is 0 Å². The standard InChI is InChI=1S/C14H23N3O3/c1-2-5-15-12-9-18-8-11(12)14-16-13(17-20-14)7-10-4-3-6-19-10/h10-12,15H,2-9H2,1H3. The molecule has 1 aromatic heterocycles. The van der Waals surface area contributed by atoms with E-state index in [2.05, 4.69) is 22.4 Å². The van der Waals surface area contributed by atoms with E-state index in [-0.39, 0.29) is 18.1 Å². The first-order valence-corrected chi connectivity index (χ1v) is 7.62. The highest BCUT2D eigenvalue weighted by atomic mass is 16.5. The third-order valence-electron chi connectivity index (χ3n) is 3.97. The van der Waals surface area contributed by atoms with Crippen molar-refractivity contribution in [2.75, 3.05) is 26.4 Å². The van der Waals surface area contributed by atoms with E-state index in [1.54, 1.807) is 0 Å². The molecule has 0 amide bonds. The van der Waals surface area contributed by atoms with Crippen molar-refractivity contribution < 1.29 is 14.0 Å². The van der Waals surface area contributed by atoms with Crippen LogP contribution < -0.4 is 5.32 Å². The van der Waals surface area contributed by atoms with E-state index in [1.165, 1.54) is 0 Å². The van der Waals surface area contributed by atoms with Gasteiger partial charge in [-0.25, -0.2) is 0 Å². The zero-order valence-electron chi connectivity index (χ0n) is 12.0. The smallest absolute Gasteiger partial charge is 0.233 e. The van der Waals surface area contributed by atoms with Crippen molar-refractivity contribution >= 4 is 0 Å². The predicted molar refractivity (Wildman–Crippen MR) is 72.6 cm³/mol. The molecular formula is C14H23N3O3. The lowest BCUT2D eigenvalue weighted by atomic mass is 10.0. The Morgan fingerprint density at radius 1 is 1.35 bits per heavy atom. The number of aromatic nitrogens is 2. The summed E-state index contributed by atoms with van der Waals surface area (Å²) in [6.45, 7) is 5.37. The fourth-order valence-electron chi connectivity index (χ4n) is 2.84. The molecule has 2 aliphatic heterocycles. The van der Waals surface area contributed by atoms with E-state index < -0.39 is 0 Å². The van der Waals surface area contributed by atoms with Crippen molar-refractivity contribution in [2.45, 2.75) is 50.7 Å². The van der Waals surface area contributed by atoms with E-state index >= 15 is 0 Å². The molecule has 0 bridgehead atoms. The molecule has 2 saturated heterocycles. The first-order valence-electron chi connectivity index (χ1n) is 7.62. The Morgan fingerprint density at radius 2 is 2.30 bits per heavy atom. The average Bonchev–Trinajstić information content (AvgIpc) is 3.17. The Labute approximate surface area is 119 Å². The molecule has 1 N–H and O–H groups in total. The van der Waals surface area contributed by atoms with E-state index in [0.717, 1.165) is 44.7 Å². The third-order valence-corrected chi connectivity index (χ3v) is 3.97. The number of hydrogen-bond acceptors (Lipinski definition) is 6. The van der Waals surface area contributed by atoms with Crippen LogP contribution in [0, 0.1) is 0 Å². The molecule has 3 heterocycles. The molecule has 3 unspecified atom stereocenters. The van der Waals surface area contributed by atoms with Gasteiger partial charge in [-0.05, 0) is 25.8 Å². The second kappa shape index (κ2) is 6.65. The minimum atomic E-state index is 0.173. The van der Waals surface area contributed by atoms with Crippen LogP contribution >= 0.6 is 0 Å². The predicted octanol–water partition coefficient (Wildman–Crippen LogP) is 1.27. The quantitative estimate of drug-likeness (QED) is 0.847. The summed E-state index contributed by atoms with van der Waals surface area (Å²) < 4.78 is 16.6. The number of ether oxygens (including phenoxy) is 2. The fourth-order valence-corrected chi connectivity index (χ4v) is 2.84. The minimum Gasteiger partial charge on any atom is -0.379 e. The summed E-state index contributed by atoms with van der Waals surface area (Å²) in [4.78, 5) is 4.54. The van der Waals surface area contributed by atoms with Crippen LogP contribution in [0.25, 0.3) is 0 Å². The van der Waals surface area contributed by atoms with Gasteiger partial charge in [-0.3, -0.25) is 0 Å². The van der Waals surface area contributed by atoms with E-state index in [9.17, 15) is 0 Å². The summed E-state index contributed by atoms with van der Waals surface area (Å²) in [6, 6.07) is 0.283. The molecule has 0 radical (unpaired) electrons. The summed E-state index contributed by atoms with van der Waals surface area (Å²) in [7, 11) is 0. The molecule has 0 aliphatic carbocycles. The molecule has 20 heavy (non-hydrogen) atoms. The van der Waals surface area contributed by atoms with E-state index in [0.29, 0.717) is 19.1 Å². The molecule has 0 spiro atoms. The highest BCUT2D eigenvalue weighted by molar-refractivity contribution is 5.03. The molecule has 0 saturated carbocycles. The topological polar surface area (TPSA) is 69.4 Å². The van der Waals surface area contributed by atoms with Crippen LogP contribution in [-0.4, -0.2) is 48.7 Å². The maximum atomic E-state index is 5.61. The normalized spacial score (nSPS) is 30.1. The van der Waals surface area contributed by atoms with Crippen molar-refractivity contribution in [2.24, 2.45) is 0 Å². The molecular weight excluding hydrogens is 258 g/mol. The summed E-state index contributed by atoms with van der Waals surface area (Å²) in [5.74, 6) is 1.63. The lowest BCUT2D eigenvalue weighted by Gasteiger charge is -2.15. The van der Waals surface area contributed by atoms with Gasteiger partial charge in [0.25, 0.3) is 0 Å². The molecule has 112 valence electrons. The molecule has 1 aromatic rings. The summed E-state index contributed by atoms with van der Waals surface area (Å²) >= 11 is 0. The van der Waals surface area contributed by atoms with Crippen LogP contribution in [0.15, 0.2) is 4.52 Å². The molecule has 6 heteroatoms. The molecule has 0 aromatic carbocycles. The van der Waals surface area contributed by atoms with Crippen LogP contribution in [0.5, 0.6) is 0 Å². The second-order valence-electron chi connectivity index (χ2n) is 5.59.